The predicted molar refractivity (Wildman–Crippen MR) is 74.9 cm³/mol. The summed E-state index contributed by atoms with van der Waals surface area (Å²) >= 11 is 1.70. The molecule has 2 aliphatic heterocycles. The van der Waals surface area contributed by atoms with Crippen LogP contribution in [0.3, 0.4) is 0 Å². The maximum atomic E-state index is 12.4. The van der Waals surface area contributed by atoms with Gasteiger partial charge in [0.05, 0.1) is 12.6 Å². The van der Waals surface area contributed by atoms with Crippen molar-refractivity contribution in [2.75, 3.05) is 13.2 Å². The Hall–Kier alpha value is -0.910. The zero-order valence-corrected chi connectivity index (χ0v) is 12.2. The number of ether oxygens (including phenoxy) is 1. The lowest BCUT2D eigenvalue weighted by atomic mass is 9.98. The number of nitrogens with zero attached hydrogens (tertiary/aromatic N) is 1. The lowest BCUT2D eigenvalue weighted by molar-refractivity contribution is -0.132. The number of hydrogen-bond acceptors (Lipinski definition) is 4. The van der Waals surface area contributed by atoms with Gasteiger partial charge in [0.1, 0.15) is 6.17 Å². The number of amides is 1. The Morgan fingerprint density at radius 1 is 1.58 bits per heavy atom. The number of carbonyl (C=O) groups is 1. The van der Waals surface area contributed by atoms with Gasteiger partial charge >= 0.3 is 0 Å². The summed E-state index contributed by atoms with van der Waals surface area (Å²) in [5.41, 5.74) is 0. The SMILES string of the molecule is CC1NC(c2cccs2)N(C(C)C2CCOC2)C1=O. The third-order valence-electron chi connectivity index (χ3n) is 4.21. The van der Waals surface area contributed by atoms with Crippen LogP contribution in [-0.4, -0.2) is 36.1 Å². The highest BCUT2D eigenvalue weighted by Crippen LogP contribution is 2.33. The van der Waals surface area contributed by atoms with Crippen molar-refractivity contribution in [1.29, 1.82) is 0 Å². The van der Waals surface area contributed by atoms with Gasteiger partial charge < -0.3 is 9.64 Å². The molecule has 4 nitrogen and oxygen atoms in total. The second-order valence-electron chi connectivity index (χ2n) is 5.42. The van der Waals surface area contributed by atoms with Crippen LogP contribution in [0, 0.1) is 5.92 Å². The van der Waals surface area contributed by atoms with E-state index in [1.165, 1.54) is 4.88 Å². The van der Waals surface area contributed by atoms with Crippen LogP contribution in [0.15, 0.2) is 17.5 Å². The van der Waals surface area contributed by atoms with Gasteiger partial charge in [-0.05, 0) is 31.7 Å². The molecule has 4 unspecified atom stereocenters. The van der Waals surface area contributed by atoms with Crippen molar-refractivity contribution in [1.82, 2.24) is 10.2 Å². The van der Waals surface area contributed by atoms with Crippen LogP contribution in [-0.2, 0) is 9.53 Å². The van der Waals surface area contributed by atoms with E-state index in [4.69, 9.17) is 4.74 Å². The molecule has 2 aliphatic rings. The molecule has 0 saturated carbocycles. The van der Waals surface area contributed by atoms with Gasteiger partial charge in [0.2, 0.25) is 5.91 Å². The van der Waals surface area contributed by atoms with E-state index in [0.717, 1.165) is 19.6 Å². The molecular weight excluding hydrogens is 260 g/mol. The molecule has 19 heavy (non-hydrogen) atoms. The van der Waals surface area contributed by atoms with E-state index in [-0.39, 0.29) is 24.2 Å². The van der Waals surface area contributed by atoms with Crippen molar-refractivity contribution in [3.8, 4) is 0 Å². The zero-order chi connectivity index (χ0) is 13.4. The van der Waals surface area contributed by atoms with Gasteiger partial charge in [-0.15, -0.1) is 11.3 Å². The molecule has 5 heteroatoms. The van der Waals surface area contributed by atoms with Crippen LogP contribution in [0.25, 0.3) is 0 Å². The van der Waals surface area contributed by atoms with Crippen LogP contribution in [0.5, 0.6) is 0 Å². The number of rotatable bonds is 3. The molecule has 1 aromatic heterocycles. The average molecular weight is 280 g/mol. The first kappa shape index (κ1) is 13.1. The van der Waals surface area contributed by atoms with Crippen LogP contribution in [0.2, 0.25) is 0 Å². The van der Waals surface area contributed by atoms with Crippen molar-refractivity contribution in [2.45, 2.75) is 38.5 Å². The topological polar surface area (TPSA) is 41.6 Å². The number of hydrogen-bond donors (Lipinski definition) is 1. The molecule has 3 heterocycles. The highest BCUT2D eigenvalue weighted by atomic mass is 32.1. The van der Waals surface area contributed by atoms with E-state index >= 15 is 0 Å². The third kappa shape index (κ3) is 2.30. The summed E-state index contributed by atoms with van der Waals surface area (Å²) < 4.78 is 5.47. The molecule has 0 spiro atoms. The second kappa shape index (κ2) is 5.23. The normalized spacial score (nSPS) is 33.1. The largest absolute Gasteiger partial charge is 0.381 e. The van der Waals surface area contributed by atoms with E-state index in [0.29, 0.717) is 5.92 Å². The van der Waals surface area contributed by atoms with Gasteiger partial charge in [0.15, 0.2) is 0 Å². The van der Waals surface area contributed by atoms with Crippen molar-refractivity contribution in [2.24, 2.45) is 5.92 Å². The second-order valence-corrected chi connectivity index (χ2v) is 6.40. The molecular formula is C14H20N2O2S. The fourth-order valence-corrected chi connectivity index (χ4v) is 3.78. The van der Waals surface area contributed by atoms with E-state index in [1.54, 1.807) is 11.3 Å². The molecule has 0 aliphatic carbocycles. The number of carbonyl (C=O) groups excluding carboxylic acids is 1. The Balaban J connectivity index is 1.84. The molecule has 1 N–H and O–H groups in total. The summed E-state index contributed by atoms with van der Waals surface area (Å²) in [6, 6.07) is 4.26. The lowest BCUT2D eigenvalue weighted by Gasteiger charge is -2.33. The molecule has 1 aromatic rings. The van der Waals surface area contributed by atoms with Crippen LogP contribution >= 0.6 is 11.3 Å². The summed E-state index contributed by atoms with van der Waals surface area (Å²) in [4.78, 5) is 15.7. The first-order valence-corrected chi connectivity index (χ1v) is 7.76. The minimum absolute atomic E-state index is 0.0260. The Labute approximate surface area is 117 Å². The number of nitrogens with one attached hydrogen (secondary N) is 1. The molecule has 2 saturated heterocycles. The van der Waals surface area contributed by atoms with Gasteiger partial charge in [-0.3, -0.25) is 10.1 Å². The molecule has 1 amide bonds. The van der Waals surface area contributed by atoms with Crippen LogP contribution < -0.4 is 5.32 Å². The first-order valence-electron chi connectivity index (χ1n) is 6.88. The summed E-state index contributed by atoms with van der Waals surface area (Å²) in [7, 11) is 0. The number of thiophene rings is 1. The van der Waals surface area contributed by atoms with Gasteiger partial charge in [0, 0.05) is 23.4 Å². The van der Waals surface area contributed by atoms with Crippen LogP contribution in [0.1, 0.15) is 31.3 Å². The van der Waals surface area contributed by atoms with Gasteiger partial charge in [0.25, 0.3) is 0 Å². The Morgan fingerprint density at radius 2 is 2.42 bits per heavy atom. The summed E-state index contributed by atoms with van der Waals surface area (Å²) in [5, 5.41) is 5.47. The Morgan fingerprint density at radius 3 is 3.05 bits per heavy atom. The fourth-order valence-electron chi connectivity index (χ4n) is 3.00. The molecule has 0 aromatic carbocycles. The quantitative estimate of drug-likeness (QED) is 0.920. The molecule has 3 rings (SSSR count). The predicted octanol–water partition coefficient (Wildman–Crippen LogP) is 1.99. The standard InChI is InChI=1S/C14H20N2O2S/c1-9-14(17)16(10(2)11-5-6-18-8-11)13(15-9)12-4-3-7-19-12/h3-4,7,9-11,13,15H,5-6,8H2,1-2H3. The van der Waals surface area contributed by atoms with E-state index in [1.807, 2.05) is 17.9 Å². The van der Waals surface area contributed by atoms with Gasteiger partial charge in [-0.2, -0.15) is 0 Å². The van der Waals surface area contributed by atoms with Crippen molar-refractivity contribution < 1.29 is 9.53 Å². The molecule has 4 atom stereocenters. The highest BCUT2D eigenvalue weighted by Gasteiger charge is 2.42. The Bertz CT molecular complexity index is 442. The maximum absolute atomic E-state index is 12.4. The van der Waals surface area contributed by atoms with E-state index in [9.17, 15) is 4.79 Å². The van der Waals surface area contributed by atoms with Gasteiger partial charge in [-0.1, -0.05) is 6.07 Å². The first-order chi connectivity index (χ1) is 9.18. The van der Waals surface area contributed by atoms with Crippen molar-refractivity contribution in [3.05, 3.63) is 22.4 Å². The van der Waals surface area contributed by atoms with Crippen molar-refractivity contribution in [3.63, 3.8) is 0 Å². The minimum Gasteiger partial charge on any atom is -0.381 e. The minimum atomic E-state index is -0.100. The van der Waals surface area contributed by atoms with Crippen molar-refractivity contribution >= 4 is 17.2 Å². The monoisotopic (exact) mass is 280 g/mol. The third-order valence-corrected chi connectivity index (χ3v) is 5.13. The van der Waals surface area contributed by atoms with Crippen LogP contribution in [0.4, 0.5) is 0 Å². The molecule has 0 radical (unpaired) electrons. The van der Waals surface area contributed by atoms with Gasteiger partial charge in [-0.25, -0.2) is 0 Å². The zero-order valence-electron chi connectivity index (χ0n) is 11.3. The Kier molecular flexibility index (Phi) is 3.60. The highest BCUT2D eigenvalue weighted by molar-refractivity contribution is 7.10. The maximum Gasteiger partial charge on any atom is 0.241 e. The smallest absolute Gasteiger partial charge is 0.241 e. The fraction of sp³-hybridized carbons (Fsp3) is 0.643. The summed E-state index contributed by atoms with van der Waals surface area (Å²) in [6.07, 6.45) is 1.08. The average Bonchev–Trinajstić information content (AvgIpc) is 3.11. The summed E-state index contributed by atoms with van der Waals surface area (Å²) in [6.45, 7) is 5.69. The van der Waals surface area contributed by atoms with E-state index in [2.05, 4.69) is 23.7 Å². The lowest BCUT2D eigenvalue weighted by Crippen LogP contribution is -2.42. The molecule has 104 valence electrons. The molecule has 0 bridgehead atoms. The van der Waals surface area contributed by atoms with E-state index < -0.39 is 0 Å². The molecule has 2 fully saturated rings. The summed E-state index contributed by atoms with van der Waals surface area (Å²) in [5.74, 6) is 0.663.